The standard InChI is InChI=1S/C32H37N3O6S/c1-24-8-11-28(12-9-24)42(37,38)35-23-32(41-21-27(35)18-25-6-3-2-4-7-25)14-15-34(22-32)20-31(36)33-26-10-13-29-30(19-26)40-17-5-16-39-29/h2-4,6-13,19,27H,5,14-18,20-23H2,1H3,(H,33,36)/t27-,32-/m0/s1. The van der Waals surface area contributed by atoms with E-state index in [1.54, 1.807) is 22.5 Å². The topological polar surface area (TPSA) is 97.4 Å². The third-order valence-corrected chi connectivity index (χ3v) is 10.1. The molecule has 222 valence electrons. The third-order valence-electron chi connectivity index (χ3n) is 8.17. The minimum absolute atomic E-state index is 0.150. The molecule has 10 heteroatoms. The van der Waals surface area contributed by atoms with Gasteiger partial charge >= 0.3 is 0 Å². The fourth-order valence-electron chi connectivity index (χ4n) is 5.94. The van der Waals surface area contributed by atoms with Gasteiger partial charge in [-0.25, -0.2) is 8.42 Å². The first-order valence-electron chi connectivity index (χ1n) is 14.5. The Hall–Kier alpha value is -3.44. The summed E-state index contributed by atoms with van der Waals surface area (Å²) >= 11 is 0. The number of aryl methyl sites for hydroxylation is 1. The number of carbonyl (C=O) groups is 1. The number of anilines is 1. The highest BCUT2D eigenvalue weighted by molar-refractivity contribution is 7.89. The van der Waals surface area contributed by atoms with E-state index in [9.17, 15) is 13.2 Å². The molecule has 1 spiro atoms. The molecule has 0 aliphatic carbocycles. The van der Waals surface area contributed by atoms with E-state index < -0.39 is 15.6 Å². The lowest BCUT2D eigenvalue weighted by molar-refractivity contribution is -0.118. The largest absolute Gasteiger partial charge is 0.490 e. The van der Waals surface area contributed by atoms with E-state index in [1.807, 2.05) is 66.4 Å². The third kappa shape index (κ3) is 6.32. The number of hydrogen-bond acceptors (Lipinski definition) is 7. The molecule has 0 unspecified atom stereocenters. The minimum atomic E-state index is -3.77. The number of nitrogens with zero attached hydrogens (tertiary/aromatic N) is 2. The Morgan fingerprint density at radius 3 is 2.52 bits per heavy atom. The van der Waals surface area contributed by atoms with Gasteiger partial charge in [0.25, 0.3) is 0 Å². The molecule has 3 aliphatic rings. The molecule has 2 atom stereocenters. The van der Waals surface area contributed by atoms with Crippen molar-refractivity contribution in [3.63, 3.8) is 0 Å². The number of hydrogen-bond donors (Lipinski definition) is 1. The maximum Gasteiger partial charge on any atom is 0.243 e. The van der Waals surface area contributed by atoms with E-state index in [-0.39, 0.29) is 36.5 Å². The average molecular weight is 592 g/mol. The number of rotatable bonds is 7. The molecule has 6 rings (SSSR count). The second kappa shape index (κ2) is 12.0. The number of carbonyl (C=O) groups excluding carboxylic acids is 1. The van der Waals surface area contributed by atoms with E-state index in [2.05, 4.69) is 5.32 Å². The first-order valence-corrected chi connectivity index (χ1v) is 15.9. The molecule has 2 saturated heterocycles. The highest BCUT2D eigenvalue weighted by Gasteiger charge is 2.49. The van der Waals surface area contributed by atoms with Crippen molar-refractivity contribution in [3.05, 3.63) is 83.9 Å². The predicted molar refractivity (Wildman–Crippen MR) is 159 cm³/mol. The maximum absolute atomic E-state index is 14.0. The van der Waals surface area contributed by atoms with Gasteiger partial charge in [-0.1, -0.05) is 48.0 Å². The van der Waals surface area contributed by atoms with Gasteiger partial charge in [0.15, 0.2) is 11.5 Å². The summed E-state index contributed by atoms with van der Waals surface area (Å²) in [6.07, 6.45) is 2.01. The lowest BCUT2D eigenvalue weighted by Gasteiger charge is -2.44. The summed E-state index contributed by atoms with van der Waals surface area (Å²) < 4.78 is 47.5. The fraction of sp³-hybridized carbons (Fsp3) is 0.406. The molecule has 1 N–H and O–H groups in total. The lowest BCUT2D eigenvalue weighted by Crippen LogP contribution is -2.59. The highest BCUT2D eigenvalue weighted by Crippen LogP contribution is 2.36. The number of morpholine rings is 1. The van der Waals surface area contributed by atoms with E-state index in [0.717, 1.165) is 17.5 Å². The normalized spacial score (nSPS) is 23.0. The Bertz CT molecular complexity index is 1510. The van der Waals surface area contributed by atoms with Gasteiger partial charge in [-0.15, -0.1) is 0 Å². The molecular weight excluding hydrogens is 554 g/mol. The fourth-order valence-corrected chi connectivity index (χ4v) is 7.63. The lowest BCUT2D eigenvalue weighted by atomic mass is 9.98. The van der Waals surface area contributed by atoms with E-state index in [4.69, 9.17) is 14.2 Å². The van der Waals surface area contributed by atoms with Crippen LogP contribution in [-0.4, -0.2) is 81.2 Å². The van der Waals surface area contributed by atoms with E-state index in [0.29, 0.717) is 56.3 Å². The van der Waals surface area contributed by atoms with Gasteiger partial charge in [0.1, 0.15) is 0 Å². The van der Waals surface area contributed by atoms with Gasteiger partial charge in [0.05, 0.1) is 42.9 Å². The average Bonchev–Trinajstić information content (AvgIpc) is 3.20. The molecule has 1 amide bonds. The number of ether oxygens (including phenoxy) is 3. The zero-order valence-electron chi connectivity index (χ0n) is 23.8. The van der Waals surface area contributed by atoms with Crippen LogP contribution in [0.3, 0.4) is 0 Å². The molecule has 9 nitrogen and oxygen atoms in total. The van der Waals surface area contributed by atoms with Crippen LogP contribution in [-0.2, 0) is 26.0 Å². The Labute approximate surface area is 247 Å². The summed E-state index contributed by atoms with van der Waals surface area (Å²) in [6.45, 7) is 4.93. The van der Waals surface area contributed by atoms with Gasteiger partial charge in [0, 0.05) is 37.8 Å². The van der Waals surface area contributed by atoms with Crippen molar-refractivity contribution >= 4 is 21.6 Å². The first kappa shape index (κ1) is 28.7. The van der Waals surface area contributed by atoms with Crippen LogP contribution in [0, 0.1) is 6.92 Å². The Kier molecular flexibility index (Phi) is 8.22. The van der Waals surface area contributed by atoms with Crippen molar-refractivity contribution < 1.29 is 27.4 Å². The molecule has 3 aliphatic heterocycles. The Morgan fingerprint density at radius 1 is 0.976 bits per heavy atom. The van der Waals surface area contributed by atoms with Gasteiger partial charge in [-0.05, 0) is 49.6 Å². The predicted octanol–water partition coefficient (Wildman–Crippen LogP) is 3.87. The van der Waals surface area contributed by atoms with Gasteiger partial charge in [-0.3, -0.25) is 9.69 Å². The minimum Gasteiger partial charge on any atom is -0.490 e. The monoisotopic (exact) mass is 591 g/mol. The quantitative estimate of drug-likeness (QED) is 0.446. The Morgan fingerprint density at radius 2 is 1.74 bits per heavy atom. The molecule has 3 aromatic rings. The van der Waals surface area contributed by atoms with Crippen molar-refractivity contribution in [2.75, 3.05) is 51.3 Å². The molecule has 0 aromatic heterocycles. The second-order valence-electron chi connectivity index (χ2n) is 11.4. The molecular formula is C32H37N3O6S. The van der Waals surface area contributed by atoms with Crippen molar-refractivity contribution in [3.8, 4) is 11.5 Å². The highest BCUT2D eigenvalue weighted by atomic mass is 32.2. The maximum atomic E-state index is 14.0. The summed E-state index contributed by atoms with van der Waals surface area (Å²) in [5.41, 5.74) is 2.03. The van der Waals surface area contributed by atoms with Crippen LogP contribution in [0.2, 0.25) is 0 Å². The number of fused-ring (bicyclic) bond motifs is 1. The number of nitrogens with one attached hydrogen (secondary N) is 1. The van der Waals surface area contributed by atoms with Crippen molar-refractivity contribution in [2.24, 2.45) is 0 Å². The van der Waals surface area contributed by atoms with Crippen molar-refractivity contribution in [1.82, 2.24) is 9.21 Å². The van der Waals surface area contributed by atoms with Crippen LogP contribution in [0.25, 0.3) is 0 Å². The summed E-state index contributed by atoms with van der Waals surface area (Å²) in [7, 11) is -3.77. The smallest absolute Gasteiger partial charge is 0.243 e. The zero-order chi connectivity index (χ0) is 29.2. The van der Waals surface area contributed by atoms with Crippen LogP contribution < -0.4 is 14.8 Å². The van der Waals surface area contributed by atoms with E-state index >= 15 is 0 Å². The zero-order valence-corrected chi connectivity index (χ0v) is 24.6. The number of amides is 1. The number of sulfonamides is 1. The van der Waals surface area contributed by atoms with Gasteiger partial charge in [0.2, 0.25) is 15.9 Å². The first-order chi connectivity index (χ1) is 20.3. The van der Waals surface area contributed by atoms with Gasteiger partial charge in [-0.2, -0.15) is 4.31 Å². The molecule has 2 fully saturated rings. The molecule has 0 saturated carbocycles. The van der Waals surface area contributed by atoms with E-state index in [1.165, 1.54) is 0 Å². The summed E-state index contributed by atoms with van der Waals surface area (Å²) in [4.78, 5) is 15.3. The molecule has 42 heavy (non-hydrogen) atoms. The summed E-state index contributed by atoms with van der Waals surface area (Å²) in [5.74, 6) is 1.15. The Balaban J connectivity index is 1.15. The molecule has 0 bridgehead atoms. The van der Waals surface area contributed by atoms with Crippen molar-refractivity contribution in [2.45, 2.75) is 42.7 Å². The molecule has 3 heterocycles. The second-order valence-corrected chi connectivity index (χ2v) is 13.3. The SMILES string of the molecule is Cc1ccc(S(=O)(=O)N2C[C@@]3(CCN(CC(=O)Nc4ccc5c(c4)OCCCO5)C3)OC[C@@H]2Cc2ccccc2)cc1. The van der Waals surface area contributed by atoms with Crippen LogP contribution in [0.4, 0.5) is 5.69 Å². The van der Waals surface area contributed by atoms with Crippen LogP contribution >= 0.6 is 0 Å². The van der Waals surface area contributed by atoms with Gasteiger partial charge < -0.3 is 19.5 Å². The van der Waals surface area contributed by atoms with Crippen LogP contribution in [0.5, 0.6) is 11.5 Å². The summed E-state index contributed by atoms with van der Waals surface area (Å²) in [6, 6.07) is 22.0. The molecule has 3 aromatic carbocycles. The number of benzene rings is 3. The van der Waals surface area contributed by atoms with Crippen molar-refractivity contribution in [1.29, 1.82) is 0 Å². The van der Waals surface area contributed by atoms with Crippen LogP contribution in [0.1, 0.15) is 24.0 Å². The van der Waals surface area contributed by atoms with Crippen LogP contribution in [0.15, 0.2) is 77.7 Å². The summed E-state index contributed by atoms with van der Waals surface area (Å²) in [5, 5.41) is 2.96. The number of likely N-dealkylation sites (tertiary alicyclic amines) is 1. The molecule has 0 radical (unpaired) electrons.